The van der Waals surface area contributed by atoms with Gasteiger partial charge >= 0.3 is 5.97 Å². The van der Waals surface area contributed by atoms with Gasteiger partial charge in [0.05, 0.1) is 0 Å². The van der Waals surface area contributed by atoms with Gasteiger partial charge < -0.3 is 10.4 Å². The second kappa shape index (κ2) is 6.96. The van der Waals surface area contributed by atoms with Crippen molar-refractivity contribution in [2.75, 3.05) is 23.8 Å². The van der Waals surface area contributed by atoms with E-state index in [2.05, 4.69) is 5.32 Å². The van der Waals surface area contributed by atoms with Crippen LogP contribution in [0, 0.1) is 0 Å². The van der Waals surface area contributed by atoms with Gasteiger partial charge in [-0.2, -0.15) is 23.5 Å². The van der Waals surface area contributed by atoms with E-state index in [0.717, 1.165) is 11.5 Å². The fraction of sp³-hybridized carbons (Fsp3) is 0.636. The number of carboxylic acid groups (broad SMARTS) is 1. The van der Waals surface area contributed by atoms with Crippen molar-refractivity contribution in [2.24, 2.45) is 0 Å². The molecular weight excluding hydrogens is 258 g/mol. The molecule has 0 aromatic heterocycles. The molecule has 96 valence electrons. The molecule has 1 saturated heterocycles. The number of thioether (sulfide) groups is 2. The highest BCUT2D eigenvalue weighted by Gasteiger charge is 2.17. The van der Waals surface area contributed by atoms with Crippen LogP contribution in [-0.4, -0.2) is 46.0 Å². The molecule has 0 saturated carbocycles. The smallest absolute Gasteiger partial charge is 0.331 e. The minimum Gasteiger partial charge on any atom is -0.478 e. The molecule has 0 spiro atoms. The number of carbonyl (C=O) groups excluding carboxylic acids is 1. The number of carboxylic acids is 1. The normalized spacial score (nSPS) is 21.6. The summed E-state index contributed by atoms with van der Waals surface area (Å²) in [6.07, 6.45) is 0. The van der Waals surface area contributed by atoms with Gasteiger partial charge in [0.2, 0.25) is 5.91 Å². The van der Waals surface area contributed by atoms with E-state index in [1.165, 1.54) is 12.7 Å². The largest absolute Gasteiger partial charge is 0.478 e. The Morgan fingerprint density at radius 3 is 2.53 bits per heavy atom. The van der Waals surface area contributed by atoms with E-state index in [9.17, 15) is 9.59 Å². The van der Waals surface area contributed by atoms with Gasteiger partial charge in [0.15, 0.2) is 0 Å². The predicted octanol–water partition coefficient (Wildman–Crippen LogP) is 1.37. The second-order valence-electron chi connectivity index (χ2n) is 3.83. The number of aliphatic carboxylic acids is 1. The van der Waals surface area contributed by atoms with Crippen molar-refractivity contribution in [3.05, 3.63) is 11.1 Å². The third-order valence-electron chi connectivity index (χ3n) is 2.60. The molecule has 6 heteroatoms. The Bertz CT molecular complexity index is 336. The Morgan fingerprint density at radius 2 is 2.00 bits per heavy atom. The van der Waals surface area contributed by atoms with Gasteiger partial charge in [-0.25, -0.2) is 4.79 Å². The maximum Gasteiger partial charge on any atom is 0.331 e. The number of hydrogen-bond acceptors (Lipinski definition) is 4. The third kappa shape index (κ3) is 4.63. The van der Waals surface area contributed by atoms with Gasteiger partial charge in [0, 0.05) is 40.2 Å². The quantitative estimate of drug-likeness (QED) is 0.759. The Labute approximate surface area is 110 Å². The zero-order chi connectivity index (χ0) is 12.8. The minimum absolute atomic E-state index is 0.105. The molecule has 0 aromatic rings. The highest BCUT2D eigenvalue weighted by molar-refractivity contribution is 8.06. The van der Waals surface area contributed by atoms with Crippen molar-refractivity contribution in [1.29, 1.82) is 0 Å². The third-order valence-corrected chi connectivity index (χ3v) is 5.44. The molecule has 1 rings (SSSR count). The van der Waals surface area contributed by atoms with Crippen LogP contribution in [0.25, 0.3) is 0 Å². The van der Waals surface area contributed by atoms with Crippen molar-refractivity contribution in [1.82, 2.24) is 5.32 Å². The average molecular weight is 275 g/mol. The van der Waals surface area contributed by atoms with E-state index < -0.39 is 5.97 Å². The molecular formula is C11H17NO3S2. The van der Waals surface area contributed by atoms with E-state index in [0.29, 0.717) is 11.8 Å². The van der Waals surface area contributed by atoms with Crippen molar-refractivity contribution < 1.29 is 14.7 Å². The summed E-state index contributed by atoms with van der Waals surface area (Å²) in [6, 6.07) is 0. The molecule has 1 heterocycles. The monoisotopic (exact) mass is 275 g/mol. The van der Waals surface area contributed by atoms with Gasteiger partial charge in [-0.1, -0.05) is 0 Å². The van der Waals surface area contributed by atoms with E-state index in [1.807, 2.05) is 23.5 Å². The number of hydrogen-bond donors (Lipinski definition) is 2. The van der Waals surface area contributed by atoms with Gasteiger partial charge in [-0.15, -0.1) is 0 Å². The van der Waals surface area contributed by atoms with Crippen molar-refractivity contribution in [3.8, 4) is 0 Å². The summed E-state index contributed by atoms with van der Waals surface area (Å²) in [4.78, 5) is 22.4. The van der Waals surface area contributed by atoms with Crippen LogP contribution >= 0.6 is 23.5 Å². The summed E-state index contributed by atoms with van der Waals surface area (Å²) in [5.41, 5.74) is 0.388. The molecule has 1 fully saturated rings. The first-order valence-corrected chi connectivity index (χ1v) is 7.61. The molecule has 0 aromatic carbocycles. The Hall–Kier alpha value is -0.620. The topological polar surface area (TPSA) is 66.4 Å². The Kier molecular flexibility index (Phi) is 5.91. The van der Waals surface area contributed by atoms with Gasteiger partial charge in [0.25, 0.3) is 0 Å². The summed E-state index contributed by atoms with van der Waals surface area (Å²) >= 11 is 3.76. The summed E-state index contributed by atoms with van der Waals surface area (Å²) in [5, 5.41) is 12.0. The molecule has 1 unspecified atom stereocenters. The van der Waals surface area contributed by atoms with Crippen LogP contribution in [0.3, 0.4) is 0 Å². The van der Waals surface area contributed by atoms with Crippen molar-refractivity contribution >= 4 is 35.4 Å². The zero-order valence-electron chi connectivity index (χ0n) is 9.99. The van der Waals surface area contributed by atoms with Crippen molar-refractivity contribution in [2.45, 2.75) is 19.1 Å². The molecule has 1 atom stereocenters. The molecule has 4 nitrogen and oxygen atoms in total. The first-order chi connectivity index (χ1) is 8.02. The highest BCUT2D eigenvalue weighted by atomic mass is 32.2. The molecule has 0 radical (unpaired) electrons. The summed E-state index contributed by atoms with van der Waals surface area (Å²) in [6.45, 7) is 3.60. The lowest BCUT2D eigenvalue weighted by molar-refractivity contribution is -0.133. The summed E-state index contributed by atoms with van der Waals surface area (Å²) in [5.74, 6) is 2.02. The van der Waals surface area contributed by atoms with Crippen LogP contribution in [0.5, 0.6) is 0 Å². The molecule has 1 amide bonds. The van der Waals surface area contributed by atoms with Gasteiger partial charge in [-0.05, 0) is 13.8 Å². The van der Waals surface area contributed by atoms with Crippen LogP contribution in [0.4, 0.5) is 0 Å². The van der Waals surface area contributed by atoms with Crippen LogP contribution in [-0.2, 0) is 9.59 Å². The van der Waals surface area contributed by atoms with E-state index in [4.69, 9.17) is 5.11 Å². The lowest BCUT2D eigenvalue weighted by Crippen LogP contribution is -2.34. The lowest BCUT2D eigenvalue weighted by Gasteiger charge is -2.21. The summed E-state index contributed by atoms with van der Waals surface area (Å²) in [7, 11) is 0. The Morgan fingerprint density at radius 1 is 1.29 bits per heavy atom. The highest BCUT2D eigenvalue weighted by Crippen LogP contribution is 2.23. The Balaban J connectivity index is 2.43. The molecule has 0 aliphatic carbocycles. The predicted molar refractivity (Wildman–Crippen MR) is 72.6 cm³/mol. The van der Waals surface area contributed by atoms with Crippen LogP contribution < -0.4 is 5.32 Å². The first kappa shape index (κ1) is 14.4. The average Bonchev–Trinajstić information content (AvgIpc) is 2.35. The number of rotatable bonds is 4. The van der Waals surface area contributed by atoms with Crippen LogP contribution in [0.2, 0.25) is 0 Å². The first-order valence-electron chi connectivity index (χ1n) is 5.40. The van der Waals surface area contributed by atoms with E-state index in [-0.39, 0.29) is 17.1 Å². The standard InChI is InChI=1S/C11H17NO3S2/c1-7(8(2)11(14)15)10(13)12-5-9-6-16-3-4-17-9/h9H,3-6H2,1-2H3,(H,12,13)(H,14,15). The zero-order valence-corrected chi connectivity index (χ0v) is 11.6. The molecule has 17 heavy (non-hydrogen) atoms. The second-order valence-corrected chi connectivity index (χ2v) is 6.39. The van der Waals surface area contributed by atoms with Crippen LogP contribution in [0.15, 0.2) is 11.1 Å². The van der Waals surface area contributed by atoms with E-state index in [1.54, 1.807) is 6.92 Å². The fourth-order valence-electron chi connectivity index (χ4n) is 1.32. The number of nitrogens with one attached hydrogen (secondary N) is 1. The molecule has 1 aliphatic heterocycles. The number of amides is 1. The molecule has 1 aliphatic rings. The maximum atomic E-state index is 11.7. The van der Waals surface area contributed by atoms with Gasteiger partial charge in [0.1, 0.15) is 0 Å². The van der Waals surface area contributed by atoms with Crippen LogP contribution in [0.1, 0.15) is 13.8 Å². The molecule has 0 bridgehead atoms. The SMILES string of the molecule is CC(C(=O)O)=C(C)C(=O)NCC1CSCCS1. The molecule has 2 N–H and O–H groups in total. The number of carbonyl (C=O) groups is 2. The maximum absolute atomic E-state index is 11.7. The lowest BCUT2D eigenvalue weighted by atomic mass is 10.1. The van der Waals surface area contributed by atoms with Gasteiger partial charge in [-0.3, -0.25) is 4.79 Å². The fourth-order valence-corrected chi connectivity index (χ4v) is 3.94. The summed E-state index contributed by atoms with van der Waals surface area (Å²) < 4.78 is 0. The van der Waals surface area contributed by atoms with E-state index >= 15 is 0 Å². The van der Waals surface area contributed by atoms with Crippen molar-refractivity contribution in [3.63, 3.8) is 0 Å². The minimum atomic E-state index is -1.04.